The number of hydrogen-bond acceptors (Lipinski definition) is 3. The third-order valence-electron chi connectivity index (χ3n) is 4.54. The van der Waals surface area contributed by atoms with Gasteiger partial charge >= 0.3 is 5.69 Å². The van der Waals surface area contributed by atoms with Crippen molar-refractivity contribution in [2.24, 2.45) is 0 Å². The quantitative estimate of drug-likeness (QED) is 0.431. The summed E-state index contributed by atoms with van der Waals surface area (Å²) in [5.41, 5.74) is 5.52. The first kappa shape index (κ1) is 18.2. The molecule has 0 aliphatic carbocycles. The molecule has 0 atom stereocenters. The van der Waals surface area contributed by atoms with Gasteiger partial charge < -0.3 is 20.0 Å². The zero-order valence-electron chi connectivity index (χ0n) is 15.4. The van der Waals surface area contributed by atoms with Crippen LogP contribution in [0.3, 0.4) is 0 Å². The molecular formula is C22H20ClN3O2. The molecule has 1 aromatic heterocycles. The number of nitrogens with one attached hydrogen (secondary N) is 3. The molecule has 4 aromatic rings. The van der Waals surface area contributed by atoms with E-state index < -0.39 is 0 Å². The van der Waals surface area contributed by atoms with E-state index in [4.69, 9.17) is 16.3 Å². The van der Waals surface area contributed by atoms with Gasteiger partial charge in [0.1, 0.15) is 12.4 Å². The Kier molecular flexibility index (Phi) is 5.08. The number of benzene rings is 3. The summed E-state index contributed by atoms with van der Waals surface area (Å²) in [5.74, 6) is 0.786. The first-order chi connectivity index (χ1) is 13.6. The summed E-state index contributed by atoms with van der Waals surface area (Å²) >= 11 is 6.19. The van der Waals surface area contributed by atoms with E-state index in [9.17, 15) is 4.79 Å². The summed E-state index contributed by atoms with van der Waals surface area (Å²) in [6.45, 7) is 3.10. The fourth-order valence-corrected chi connectivity index (χ4v) is 3.21. The summed E-state index contributed by atoms with van der Waals surface area (Å²) < 4.78 is 6.03. The average Bonchev–Trinajstić information content (AvgIpc) is 3.06. The second-order valence-electron chi connectivity index (χ2n) is 6.72. The normalized spacial score (nSPS) is 10.9. The van der Waals surface area contributed by atoms with Crippen LogP contribution < -0.4 is 15.7 Å². The number of anilines is 1. The topological polar surface area (TPSA) is 69.9 Å². The third kappa shape index (κ3) is 4.21. The number of imidazole rings is 1. The molecule has 0 aliphatic heterocycles. The van der Waals surface area contributed by atoms with Crippen molar-refractivity contribution < 1.29 is 4.74 Å². The van der Waals surface area contributed by atoms with Gasteiger partial charge in [-0.05, 0) is 48.9 Å². The molecule has 5 nitrogen and oxygen atoms in total. The molecule has 1 heterocycles. The van der Waals surface area contributed by atoms with Crippen LogP contribution in [0.4, 0.5) is 5.69 Å². The number of aromatic amines is 2. The highest BCUT2D eigenvalue weighted by Gasteiger charge is 2.07. The maximum absolute atomic E-state index is 11.4. The minimum absolute atomic E-state index is 0.214. The van der Waals surface area contributed by atoms with E-state index in [1.54, 1.807) is 0 Å². The number of rotatable bonds is 6. The van der Waals surface area contributed by atoms with Crippen molar-refractivity contribution in [2.75, 3.05) is 5.32 Å². The van der Waals surface area contributed by atoms with E-state index in [2.05, 4.69) is 46.5 Å². The van der Waals surface area contributed by atoms with E-state index in [1.807, 2.05) is 36.4 Å². The van der Waals surface area contributed by atoms with Crippen LogP contribution >= 0.6 is 11.6 Å². The molecule has 3 aromatic carbocycles. The first-order valence-corrected chi connectivity index (χ1v) is 9.37. The van der Waals surface area contributed by atoms with Gasteiger partial charge in [0, 0.05) is 22.8 Å². The van der Waals surface area contributed by atoms with Crippen LogP contribution in [0, 0.1) is 6.92 Å². The van der Waals surface area contributed by atoms with Crippen molar-refractivity contribution in [2.45, 2.75) is 20.1 Å². The van der Waals surface area contributed by atoms with E-state index >= 15 is 0 Å². The highest BCUT2D eigenvalue weighted by molar-refractivity contribution is 6.30. The van der Waals surface area contributed by atoms with Crippen LogP contribution in [0.5, 0.6) is 5.75 Å². The Hall–Kier alpha value is -3.18. The summed E-state index contributed by atoms with van der Waals surface area (Å²) in [4.78, 5) is 16.9. The zero-order chi connectivity index (χ0) is 19.5. The Morgan fingerprint density at radius 1 is 0.964 bits per heavy atom. The molecule has 0 aliphatic rings. The average molecular weight is 394 g/mol. The molecule has 0 amide bonds. The largest absolute Gasteiger partial charge is 0.489 e. The summed E-state index contributed by atoms with van der Waals surface area (Å²) in [6, 6.07) is 19.6. The van der Waals surface area contributed by atoms with E-state index in [0.717, 1.165) is 33.6 Å². The fourth-order valence-electron chi connectivity index (χ4n) is 3.01. The molecule has 0 unspecified atom stereocenters. The van der Waals surface area contributed by atoms with Gasteiger partial charge in [-0.25, -0.2) is 4.79 Å². The zero-order valence-corrected chi connectivity index (χ0v) is 16.1. The summed E-state index contributed by atoms with van der Waals surface area (Å²) in [6.07, 6.45) is 0. The number of aromatic nitrogens is 2. The van der Waals surface area contributed by atoms with Crippen LogP contribution in [0.2, 0.25) is 5.02 Å². The van der Waals surface area contributed by atoms with Crippen LogP contribution in [-0.4, -0.2) is 9.97 Å². The molecule has 0 radical (unpaired) electrons. The minimum atomic E-state index is -0.214. The third-order valence-corrected chi connectivity index (χ3v) is 4.77. The van der Waals surface area contributed by atoms with Crippen molar-refractivity contribution in [3.8, 4) is 5.75 Å². The van der Waals surface area contributed by atoms with Gasteiger partial charge in [0.05, 0.1) is 11.0 Å². The molecule has 6 heteroatoms. The van der Waals surface area contributed by atoms with Crippen LogP contribution in [-0.2, 0) is 13.2 Å². The Bertz CT molecular complexity index is 1160. The van der Waals surface area contributed by atoms with Crippen molar-refractivity contribution in [1.82, 2.24) is 9.97 Å². The van der Waals surface area contributed by atoms with Crippen LogP contribution in [0.25, 0.3) is 11.0 Å². The highest BCUT2D eigenvalue weighted by Crippen LogP contribution is 2.25. The van der Waals surface area contributed by atoms with Gasteiger partial charge in [0.2, 0.25) is 0 Å². The number of aryl methyl sites for hydroxylation is 1. The van der Waals surface area contributed by atoms with Gasteiger partial charge in [-0.2, -0.15) is 0 Å². The molecule has 0 saturated carbocycles. The van der Waals surface area contributed by atoms with Crippen molar-refractivity contribution in [1.29, 1.82) is 0 Å². The SMILES string of the molecule is Cc1ccc(COc2ccc(Cl)cc2CNc2ccc3[nH]c(=O)[nH]c3c2)cc1. The second kappa shape index (κ2) is 7.82. The van der Waals surface area contributed by atoms with Crippen LogP contribution in [0.15, 0.2) is 65.5 Å². The predicted molar refractivity (Wildman–Crippen MR) is 113 cm³/mol. The number of fused-ring (bicyclic) bond motifs is 1. The molecule has 142 valence electrons. The fraction of sp³-hybridized carbons (Fsp3) is 0.136. The Balaban J connectivity index is 1.48. The molecule has 28 heavy (non-hydrogen) atoms. The number of hydrogen-bond donors (Lipinski definition) is 3. The van der Waals surface area contributed by atoms with Crippen molar-refractivity contribution >= 4 is 28.3 Å². The first-order valence-electron chi connectivity index (χ1n) is 8.99. The molecule has 0 fully saturated rings. The standard InChI is InChI=1S/C22H20ClN3O2/c1-14-2-4-15(5-3-14)13-28-21-9-6-17(23)10-16(21)12-24-18-7-8-19-20(11-18)26-22(27)25-19/h2-11,24H,12-13H2,1H3,(H2,25,26,27). The van der Waals surface area contributed by atoms with E-state index in [0.29, 0.717) is 18.2 Å². The van der Waals surface area contributed by atoms with Crippen molar-refractivity contribution in [3.63, 3.8) is 0 Å². The maximum Gasteiger partial charge on any atom is 0.323 e. The maximum atomic E-state index is 11.4. The second-order valence-corrected chi connectivity index (χ2v) is 7.16. The summed E-state index contributed by atoms with van der Waals surface area (Å²) in [5, 5.41) is 4.02. The van der Waals surface area contributed by atoms with Gasteiger partial charge in [-0.3, -0.25) is 0 Å². The number of ether oxygens (including phenoxy) is 1. The lowest BCUT2D eigenvalue weighted by Crippen LogP contribution is -2.04. The van der Waals surface area contributed by atoms with E-state index in [-0.39, 0.29) is 5.69 Å². The minimum Gasteiger partial charge on any atom is -0.489 e. The van der Waals surface area contributed by atoms with Gasteiger partial charge in [-0.15, -0.1) is 0 Å². The van der Waals surface area contributed by atoms with Gasteiger partial charge in [0.15, 0.2) is 0 Å². The highest BCUT2D eigenvalue weighted by atomic mass is 35.5. The van der Waals surface area contributed by atoms with Gasteiger partial charge in [0.25, 0.3) is 0 Å². The monoisotopic (exact) mass is 393 g/mol. The lowest BCUT2D eigenvalue weighted by Gasteiger charge is -2.14. The Morgan fingerprint density at radius 3 is 2.57 bits per heavy atom. The van der Waals surface area contributed by atoms with Crippen molar-refractivity contribution in [3.05, 3.63) is 92.9 Å². The number of halogens is 1. The smallest absolute Gasteiger partial charge is 0.323 e. The Morgan fingerprint density at radius 2 is 1.75 bits per heavy atom. The molecular weight excluding hydrogens is 374 g/mol. The Labute approximate surface area is 167 Å². The molecule has 0 saturated heterocycles. The molecule has 0 spiro atoms. The molecule has 4 rings (SSSR count). The lowest BCUT2D eigenvalue weighted by molar-refractivity contribution is 0.303. The van der Waals surface area contributed by atoms with Crippen LogP contribution in [0.1, 0.15) is 16.7 Å². The predicted octanol–water partition coefficient (Wildman–Crippen LogP) is 5.01. The lowest BCUT2D eigenvalue weighted by atomic mass is 10.1. The van der Waals surface area contributed by atoms with E-state index in [1.165, 1.54) is 5.56 Å². The number of H-pyrrole nitrogens is 2. The molecule has 0 bridgehead atoms. The molecule has 3 N–H and O–H groups in total. The summed E-state index contributed by atoms with van der Waals surface area (Å²) in [7, 11) is 0. The van der Waals surface area contributed by atoms with Gasteiger partial charge in [-0.1, -0.05) is 41.4 Å².